The standard InChI is InChI=1S/C12H25N5/c1-5-11-14-12(6-2)17(15-11)10-8-13-7-9-16(3)4/h13H,5-10H2,1-4H3. The smallest absolute Gasteiger partial charge is 0.150 e. The molecule has 5 heteroatoms. The van der Waals surface area contributed by atoms with E-state index in [9.17, 15) is 0 Å². The Bertz CT molecular complexity index is 319. The first-order chi connectivity index (χ1) is 8.17. The monoisotopic (exact) mass is 239 g/mol. The Hall–Kier alpha value is -0.940. The lowest BCUT2D eigenvalue weighted by atomic mass is 10.4. The second-order valence-corrected chi connectivity index (χ2v) is 4.43. The maximum atomic E-state index is 4.49. The second kappa shape index (κ2) is 7.40. The zero-order valence-electron chi connectivity index (χ0n) is 11.5. The predicted molar refractivity (Wildman–Crippen MR) is 70.2 cm³/mol. The summed E-state index contributed by atoms with van der Waals surface area (Å²) in [5, 5.41) is 7.90. The van der Waals surface area contributed by atoms with Crippen LogP contribution in [0, 0.1) is 0 Å². The van der Waals surface area contributed by atoms with Crippen molar-refractivity contribution in [2.75, 3.05) is 33.7 Å². The summed E-state index contributed by atoms with van der Waals surface area (Å²) in [6, 6.07) is 0. The van der Waals surface area contributed by atoms with Crippen LogP contribution in [0.5, 0.6) is 0 Å². The second-order valence-electron chi connectivity index (χ2n) is 4.43. The van der Waals surface area contributed by atoms with Crippen LogP contribution in [0.15, 0.2) is 0 Å². The first-order valence-corrected chi connectivity index (χ1v) is 6.45. The minimum Gasteiger partial charge on any atom is -0.314 e. The molecule has 0 aromatic carbocycles. The van der Waals surface area contributed by atoms with Gasteiger partial charge in [0.2, 0.25) is 0 Å². The fourth-order valence-corrected chi connectivity index (χ4v) is 1.63. The summed E-state index contributed by atoms with van der Waals surface area (Å²) in [7, 11) is 4.17. The van der Waals surface area contributed by atoms with Crippen LogP contribution in [0.3, 0.4) is 0 Å². The van der Waals surface area contributed by atoms with Crippen LogP contribution in [0.2, 0.25) is 0 Å². The Morgan fingerprint density at radius 1 is 1.18 bits per heavy atom. The van der Waals surface area contributed by atoms with Crippen LogP contribution in [0.25, 0.3) is 0 Å². The number of nitrogens with one attached hydrogen (secondary N) is 1. The average molecular weight is 239 g/mol. The Morgan fingerprint density at radius 3 is 2.53 bits per heavy atom. The van der Waals surface area contributed by atoms with Gasteiger partial charge in [0, 0.05) is 32.5 Å². The van der Waals surface area contributed by atoms with Crippen molar-refractivity contribution in [3.63, 3.8) is 0 Å². The maximum Gasteiger partial charge on any atom is 0.150 e. The van der Waals surface area contributed by atoms with Crippen molar-refractivity contribution in [3.05, 3.63) is 11.6 Å². The summed E-state index contributed by atoms with van der Waals surface area (Å²) in [6.45, 7) is 8.16. The van der Waals surface area contributed by atoms with Gasteiger partial charge in [-0.15, -0.1) is 0 Å². The van der Waals surface area contributed by atoms with E-state index in [0.29, 0.717) is 0 Å². The zero-order valence-corrected chi connectivity index (χ0v) is 11.5. The van der Waals surface area contributed by atoms with Crippen molar-refractivity contribution >= 4 is 0 Å². The fourth-order valence-electron chi connectivity index (χ4n) is 1.63. The highest BCUT2D eigenvalue weighted by Crippen LogP contribution is 2.00. The summed E-state index contributed by atoms with van der Waals surface area (Å²) in [5.41, 5.74) is 0. The van der Waals surface area contributed by atoms with Gasteiger partial charge in [0.1, 0.15) is 5.82 Å². The van der Waals surface area contributed by atoms with E-state index in [0.717, 1.165) is 50.7 Å². The molecule has 0 unspecified atom stereocenters. The number of nitrogens with zero attached hydrogens (tertiary/aromatic N) is 4. The van der Waals surface area contributed by atoms with Gasteiger partial charge < -0.3 is 10.2 Å². The van der Waals surface area contributed by atoms with Gasteiger partial charge in [0.25, 0.3) is 0 Å². The molecule has 0 saturated carbocycles. The summed E-state index contributed by atoms with van der Waals surface area (Å²) >= 11 is 0. The molecule has 1 heterocycles. The molecule has 17 heavy (non-hydrogen) atoms. The molecule has 0 atom stereocenters. The van der Waals surface area contributed by atoms with Gasteiger partial charge in [0.05, 0.1) is 6.54 Å². The lowest BCUT2D eigenvalue weighted by Gasteiger charge is -2.10. The molecule has 0 amide bonds. The van der Waals surface area contributed by atoms with Crippen molar-refractivity contribution in [1.29, 1.82) is 0 Å². The van der Waals surface area contributed by atoms with E-state index >= 15 is 0 Å². The zero-order chi connectivity index (χ0) is 12.7. The van der Waals surface area contributed by atoms with Crippen molar-refractivity contribution in [1.82, 2.24) is 25.0 Å². The lowest BCUT2D eigenvalue weighted by molar-refractivity contribution is 0.395. The quantitative estimate of drug-likeness (QED) is 0.673. The van der Waals surface area contributed by atoms with Crippen LogP contribution in [-0.2, 0) is 19.4 Å². The molecule has 0 aliphatic heterocycles. The van der Waals surface area contributed by atoms with E-state index in [1.54, 1.807) is 0 Å². The largest absolute Gasteiger partial charge is 0.314 e. The summed E-state index contributed by atoms with van der Waals surface area (Å²) in [5.74, 6) is 2.05. The molecule has 98 valence electrons. The Balaban J connectivity index is 2.32. The van der Waals surface area contributed by atoms with E-state index in [1.807, 2.05) is 4.68 Å². The molecule has 1 rings (SSSR count). The number of likely N-dealkylation sites (N-methyl/N-ethyl adjacent to an activating group) is 1. The molecule has 1 N–H and O–H groups in total. The van der Waals surface area contributed by atoms with Gasteiger partial charge in [-0.1, -0.05) is 13.8 Å². The number of hydrogen-bond acceptors (Lipinski definition) is 4. The molecule has 5 nitrogen and oxygen atoms in total. The molecule has 1 aromatic rings. The molecule has 0 radical (unpaired) electrons. The average Bonchev–Trinajstić information content (AvgIpc) is 2.70. The molecular formula is C12H25N5. The molecule has 0 aliphatic rings. The van der Waals surface area contributed by atoms with Crippen LogP contribution in [0.4, 0.5) is 0 Å². The summed E-state index contributed by atoms with van der Waals surface area (Å²) in [6.07, 6.45) is 1.86. The SMILES string of the molecule is CCc1nc(CC)n(CCNCCN(C)C)n1. The number of aromatic nitrogens is 3. The minimum atomic E-state index is 0.906. The minimum absolute atomic E-state index is 0.906. The van der Waals surface area contributed by atoms with E-state index in [1.165, 1.54) is 0 Å². The van der Waals surface area contributed by atoms with E-state index in [2.05, 4.69) is 48.2 Å². The highest BCUT2D eigenvalue weighted by molar-refractivity contribution is 4.92. The van der Waals surface area contributed by atoms with Gasteiger partial charge in [0.15, 0.2) is 5.82 Å². The predicted octanol–water partition coefficient (Wildman–Crippen LogP) is 0.554. The van der Waals surface area contributed by atoms with Crippen molar-refractivity contribution in [2.24, 2.45) is 0 Å². The van der Waals surface area contributed by atoms with Gasteiger partial charge in [-0.05, 0) is 14.1 Å². The van der Waals surface area contributed by atoms with Crippen LogP contribution in [0.1, 0.15) is 25.5 Å². The van der Waals surface area contributed by atoms with Crippen LogP contribution >= 0.6 is 0 Å². The third-order valence-electron chi connectivity index (χ3n) is 2.66. The molecule has 0 aliphatic carbocycles. The lowest BCUT2D eigenvalue weighted by Crippen LogP contribution is -2.29. The van der Waals surface area contributed by atoms with Crippen LogP contribution in [-0.4, -0.2) is 53.4 Å². The topological polar surface area (TPSA) is 46.0 Å². The van der Waals surface area contributed by atoms with Crippen molar-refractivity contribution in [2.45, 2.75) is 33.2 Å². The van der Waals surface area contributed by atoms with Gasteiger partial charge in [-0.3, -0.25) is 0 Å². The molecule has 0 fully saturated rings. The van der Waals surface area contributed by atoms with E-state index in [4.69, 9.17) is 0 Å². The molecule has 0 saturated heterocycles. The van der Waals surface area contributed by atoms with Gasteiger partial charge in [-0.2, -0.15) is 5.10 Å². The van der Waals surface area contributed by atoms with Crippen molar-refractivity contribution < 1.29 is 0 Å². The Kier molecular flexibility index (Phi) is 6.15. The number of aryl methyl sites for hydroxylation is 2. The number of hydrogen-bond donors (Lipinski definition) is 1. The van der Waals surface area contributed by atoms with E-state index < -0.39 is 0 Å². The normalized spacial score (nSPS) is 11.4. The summed E-state index contributed by atoms with van der Waals surface area (Å²) < 4.78 is 2.03. The van der Waals surface area contributed by atoms with Gasteiger partial charge >= 0.3 is 0 Å². The summed E-state index contributed by atoms with van der Waals surface area (Å²) in [4.78, 5) is 6.67. The third kappa shape index (κ3) is 4.83. The van der Waals surface area contributed by atoms with E-state index in [-0.39, 0.29) is 0 Å². The molecular weight excluding hydrogens is 214 g/mol. The van der Waals surface area contributed by atoms with Crippen molar-refractivity contribution in [3.8, 4) is 0 Å². The Labute approximate surface area is 104 Å². The first kappa shape index (κ1) is 14.1. The molecule has 0 bridgehead atoms. The number of rotatable bonds is 8. The molecule has 1 aromatic heterocycles. The van der Waals surface area contributed by atoms with Gasteiger partial charge in [-0.25, -0.2) is 9.67 Å². The first-order valence-electron chi connectivity index (χ1n) is 6.45. The maximum absolute atomic E-state index is 4.49. The fraction of sp³-hybridized carbons (Fsp3) is 0.833. The highest BCUT2D eigenvalue weighted by Gasteiger charge is 2.05. The molecule has 0 spiro atoms. The highest BCUT2D eigenvalue weighted by atomic mass is 15.3. The van der Waals surface area contributed by atoms with Crippen LogP contribution < -0.4 is 5.32 Å². The Morgan fingerprint density at radius 2 is 1.94 bits per heavy atom. The third-order valence-corrected chi connectivity index (χ3v) is 2.66.